The van der Waals surface area contributed by atoms with Gasteiger partial charge in [-0.3, -0.25) is 9.59 Å². The lowest BCUT2D eigenvalue weighted by atomic mass is 9.98. The molecule has 1 rings (SSSR count). The van der Waals surface area contributed by atoms with E-state index in [0.717, 1.165) is 0 Å². The van der Waals surface area contributed by atoms with Crippen molar-refractivity contribution in [1.82, 2.24) is 9.71 Å². The molecule has 0 saturated heterocycles. The van der Waals surface area contributed by atoms with Gasteiger partial charge in [-0.05, 0) is 20.3 Å². The summed E-state index contributed by atoms with van der Waals surface area (Å²) in [5.41, 5.74) is -1.11. The number of hydrogen-bond donors (Lipinski definition) is 2. The van der Waals surface area contributed by atoms with Crippen molar-refractivity contribution in [2.75, 3.05) is 7.11 Å². The number of aryl methyl sites for hydroxylation is 1. The first-order valence-corrected chi connectivity index (χ1v) is 8.28. The molecule has 2 N–H and O–H groups in total. The molecule has 114 valence electrons. The molecule has 0 aliphatic rings. The fourth-order valence-electron chi connectivity index (χ4n) is 1.91. The molecule has 0 fully saturated rings. The van der Waals surface area contributed by atoms with Crippen molar-refractivity contribution < 1.29 is 17.9 Å². The summed E-state index contributed by atoms with van der Waals surface area (Å²) in [5, 5.41) is 0. The fourth-order valence-corrected chi connectivity index (χ4v) is 4.60. The van der Waals surface area contributed by atoms with E-state index in [1.807, 2.05) is 6.92 Å². The molecule has 0 bridgehead atoms. The van der Waals surface area contributed by atoms with Gasteiger partial charge in [-0.1, -0.05) is 24.7 Å². The summed E-state index contributed by atoms with van der Waals surface area (Å²) in [6.45, 7) is 4.78. The first kappa shape index (κ1) is 16.9. The molecule has 0 amide bonds. The third-order valence-electron chi connectivity index (χ3n) is 2.77. The normalized spacial score (nSPS) is 14.8. The number of H-pyrrole nitrogens is 1. The van der Waals surface area contributed by atoms with Gasteiger partial charge in [0.2, 0.25) is 0 Å². The number of sulfonamides is 1. The molecule has 1 heterocycles. The second kappa shape index (κ2) is 6.06. The van der Waals surface area contributed by atoms with E-state index in [9.17, 15) is 18.0 Å². The van der Waals surface area contributed by atoms with Crippen LogP contribution in [0.4, 0.5) is 0 Å². The SMILES string of the molecule is CCCC(C)(NS(=O)(=O)c1sc(=O)[nH]c1C)C(=O)OC. The largest absolute Gasteiger partial charge is 0.468 e. The van der Waals surface area contributed by atoms with Crippen LogP contribution in [0.2, 0.25) is 0 Å². The van der Waals surface area contributed by atoms with Crippen LogP contribution < -0.4 is 9.60 Å². The fraction of sp³-hybridized carbons (Fsp3) is 0.636. The van der Waals surface area contributed by atoms with Gasteiger partial charge in [0.25, 0.3) is 10.0 Å². The number of thiazole rings is 1. The van der Waals surface area contributed by atoms with Crippen LogP contribution in [0.5, 0.6) is 0 Å². The predicted molar refractivity (Wildman–Crippen MR) is 75.3 cm³/mol. The van der Waals surface area contributed by atoms with E-state index < -0.39 is 26.4 Å². The van der Waals surface area contributed by atoms with Gasteiger partial charge in [-0.25, -0.2) is 8.42 Å². The maximum atomic E-state index is 12.3. The lowest BCUT2D eigenvalue weighted by molar-refractivity contribution is -0.147. The van der Waals surface area contributed by atoms with Crippen LogP contribution in [0, 0.1) is 6.92 Å². The van der Waals surface area contributed by atoms with Gasteiger partial charge in [0.05, 0.1) is 7.11 Å². The summed E-state index contributed by atoms with van der Waals surface area (Å²) in [6, 6.07) is 0. The Kier molecular flexibility index (Phi) is 5.11. The molecule has 0 saturated carbocycles. The van der Waals surface area contributed by atoms with E-state index in [1.165, 1.54) is 21.0 Å². The molecular weight excluding hydrogens is 304 g/mol. The predicted octanol–water partition coefficient (Wildman–Crippen LogP) is 0.755. The molecular formula is C11H18N2O5S2. The Morgan fingerprint density at radius 3 is 2.50 bits per heavy atom. The molecule has 7 nitrogen and oxygen atoms in total. The standard InChI is InChI=1S/C11H18N2O5S2/c1-5-6-11(3,9(14)18-4)13-20(16,17)8-7(2)12-10(15)19-8/h13H,5-6H2,1-4H3,(H,12,15). The Hall–Kier alpha value is -1.19. The van der Waals surface area contributed by atoms with E-state index in [-0.39, 0.29) is 16.3 Å². The second-order valence-electron chi connectivity index (χ2n) is 4.61. The van der Waals surface area contributed by atoms with Crippen LogP contribution in [-0.2, 0) is 19.6 Å². The molecule has 0 aromatic carbocycles. The molecule has 0 spiro atoms. The molecule has 0 radical (unpaired) electrons. The highest BCUT2D eigenvalue weighted by molar-refractivity contribution is 7.91. The number of hydrogen-bond acceptors (Lipinski definition) is 6. The minimum absolute atomic E-state index is 0.117. The zero-order chi connectivity index (χ0) is 15.6. The van der Waals surface area contributed by atoms with Gasteiger partial charge >= 0.3 is 10.8 Å². The molecule has 0 aliphatic carbocycles. The Balaban J connectivity index is 3.19. The van der Waals surface area contributed by atoms with Gasteiger partial charge < -0.3 is 9.72 Å². The topological polar surface area (TPSA) is 105 Å². The number of aromatic amines is 1. The molecule has 1 unspecified atom stereocenters. The van der Waals surface area contributed by atoms with Crippen molar-refractivity contribution in [1.29, 1.82) is 0 Å². The van der Waals surface area contributed by atoms with Crippen molar-refractivity contribution in [2.45, 2.75) is 43.4 Å². The number of methoxy groups -OCH3 is 1. The highest BCUT2D eigenvalue weighted by Crippen LogP contribution is 2.22. The van der Waals surface area contributed by atoms with Crippen LogP contribution in [-0.4, -0.2) is 32.0 Å². The van der Waals surface area contributed by atoms with Crippen molar-refractivity contribution in [3.63, 3.8) is 0 Å². The third-order valence-corrected chi connectivity index (χ3v) is 5.97. The van der Waals surface area contributed by atoms with Crippen LogP contribution in [0.15, 0.2) is 9.00 Å². The number of rotatable bonds is 6. The van der Waals surface area contributed by atoms with Crippen LogP contribution in [0.1, 0.15) is 32.4 Å². The minimum atomic E-state index is -3.97. The van der Waals surface area contributed by atoms with Crippen molar-refractivity contribution in [3.8, 4) is 0 Å². The highest BCUT2D eigenvalue weighted by atomic mass is 32.2. The van der Waals surface area contributed by atoms with Gasteiger partial charge in [-0.2, -0.15) is 4.72 Å². The van der Waals surface area contributed by atoms with Gasteiger partial charge in [0, 0.05) is 5.69 Å². The summed E-state index contributed by atoms with van der Waals surface area (Å²) in [7, 11) is -2.77. The van der Waals surface area contributed by atoms with E-state index in [1.54, 1.807) is 0 Å². The summed E-state index contributed by atoms with van der Waals surface area (Å²) in [5.74, 6) is -0.663. The molecule has 9 heteroatoms. The summed E-state index contributed by atoms with van der Waals surface area (Å²) >= 11 is 0.586. The van der Waals surface area contributed by atoms with E-state index >= 15 is 0 Å². The number of nitrogens with one attached hydrogen (secondary N) is 2. The van der Waals surface area contributed by atoms with Gasteiger partial charge in [0.15, 0.2) is 4.21 Å². The Bertz CT molecular complexity index is 646. The van der Waals surface area contributed by atoms with Crippen LogP contribution >= 0.6 is 11.3 Å². The first-order chi connectivity index (χ1) is 9.16. The van der Waals surface area contributed by atoms with E-state index in [2.05, 4.69) is 14.4 Å². The minimum Gasteiger partial charge on any atom is -0.468 e. The quantitative estimate of drug-likeness (QED) is 0.752. The molecule has 1 aromatic rings. The third kappa shape index (κ3) is 3.47. The summed E-state index contributed by atoms with van der Waals surface area (Å²) in [6.07, 6.45) is 0.883. The van der Waals surface area contributed by atoms with Crippen LogP contribution in [0.3, 0.4) is 0 Å². The van der Waals surface area contributed by atoms with Crippen molar-refractivity contribution >= 4 is 27.3 Å². The first-order valence-electron chi connectivity index (χ1n) is 5.98. The monoisotopic (exact) mass is 322 g/mol. The maximum absolute atomic E-state index is 12.3. The Morgan fingerprint density at radius 2 is 2.10 bits per heavy atom. The Labute approximate surface area is 121 Å². The number of esters is 1. The van der Waals surface area contributed by atoms with E-state index in [4.69, 9.17) is 0 Å². The van der Waals surface area contributed by atoms with Gasteiger partial charge in [-0.15, -0.1) is 0 Å². The number of carbonyl (C=O) groups excluding carboxylic acids is 1. The Morgan fingerprint density at radius 1 is 1.50 bits per heavy atom. The molecule has 0 aliphatic heterocycles. The second-order valence-corrected chi connectivity index (χ2v) is 7.47. The maximum Gasteiger partial charge on any atom is 0.326 e. The smallest absolute Gasteiger partial charge is 0.326 e. The van der Waals surface area contributed by atoms with Gasteiger partial charge in [0.1, 0.15) is 5.54 Å². The number of ether oxygens (including phenoxy) is 1. The lowest BCUT2D eigenvalue weighted by Crippen LogP contribution is -2.52. The zero-order valence-corrected chi connectivity index (χ0v) is 13.4. The van der Waals surface area contributed by atoms with Crippen LogP contribution in [0.25, 0.3) is 0 Å². The lowest BCUT2D eigenvalue weighted by Gasteiger charge is -2.26. The van der Waals surface area contributed by atoms with E-state index in [0.29, 0.717) is 17.8 Å². The summed E-state index contributed by atoms with van der Waals surface area (Å²) in [4.78, 5) is 25.0. The summed E-state index contributed by atoms with van der Waals surface area (Å²) < 4.78 is 31.5. The average Bonchev–Trinajstić information content (AvgIpc) is 2.67. The molecule has 20 heavy (non-hydrogen) atoms. The number of carbonyl (C=O) groups is 1. The average molecular weight is 322 g/mol. The van der Waals surface area contributed by atoms with Crippen molar-refractivity contribution in [3.05, 3.63) is 15.4 Å². The zero-order valence-electron chi connectivity index (χ0n) is 11.8. The molecule has 1 atom stereocenters. The van der Waals surface area contributed by atoms with Crippen molar-refractivity contribution in [2.24, 2.45) is 0 Å². The highest BCUT2D eigenvalue weighted by Gasteiger charge is 2.39. The number of aromatic nitrogens is 1. The molecule has 1 aromatic heterocycles.